The first-order valence-corrected chi connectivity index (χ1v) is 35.1. The fraction of sp³-hybridized carbons (Fsp3) is 0.928. The second-order valence-corrected chi connectivity index (χ2v) is 29.7. The van der Waals surface area contributed by atoms with Gasteiger partial charge in [-0.25, -0.2) is 0 Å². The molecule has 26 nitrogen and oxygen atoms in total. The zero-order valence-corrected chi connectivity index (χ0v) is 58.2. The van der Waals surface area contributed by atoms with Crippen LogP contribution in [-0.4, -0.2) is 252 Å². The van der Waals surface area contributed by atoms with Crippen molar-refractivity contribution in [3.8, 4) is 0 Å². The van der Waals surface area contributed by atoms with Crippen LogP contribution in [0.3, 0.4) is 0 Å². The maximum atomic E-state index is 13.1. The van der Waals surface area contributed by atoms with E-state index in [0.717, 1.165) is 44.9 Å². The number of fused-ring (bicyclic) bond motifs is 6. The van der Waals surface area contributed by atoms with E-state index in [1.807, 2.05) is 48.5 Å². The third-order valence-electron chi connectivity index (χ3n) is 24.2. The molecule has 12 rings (SSSR count). The number of methoxy groups -OCH3 is 5. The molecule has 7 saturated heterocycles. The molecule has 0 aromatic heterocycles. The number of ketones is 1. The van der Waals surface area contributed by atoms with Crippen molar-refractivity contribution in [3.63, 3.8) is 0 Å². The molecule has 1 spiro atoms. The largest absolute Gasteiger partial charge is 0.493 e. The molecule has 0 amide bonds. The monoisotopic (exact) mass is 1350 g/mol. The summed E-state index contributed by atoms with van der Waals surface area (Å²) in [6.07, 6.45) is -6.89. The van der Waals surface area contributed by atoms with Gasteiger partial charge in [-0.2, -0.15) is 0 Å². The number of rotatable bonds is 18. The number of aliphatic hydroxyl groups is 4. The fourth-order valence-electron chi connectivity index (χ4n) is 18.9. The highest BCUT2D eigenvalue weighted by Crippen LogP contribution is 2.68. The van der Waals surface area contributed by atoms with Crippen LogP contribution >= 0.6 is 0 Å². The Morgan fingerprint density at radius 1 is 0.600 bits per heavy atom. The van der Waals surface area contributed by atoms with Crippen molar-refractivity contribution in [3.05, 3.63) is 23.5 Å². The molecule has 542 valence electrons. The summed E-state index contributed by atoms with van der Waals surface area (Å²) >= 11 is 0. The Balaban J connectivity index is 0.601. The van der Waals surface area contributed by atoms with Crippen LogP contribution in [0.1, 0.15) is 153 Å². The molecule has 4 N–H and O–H groups in total. The summed E-state index contributed by atoms with van der Waals surface area (Å²) in [6, 6.07) is 0. The summed E-state index contributed by atoms with van der Waals surface area (Å²) in [5, 5.41) is 46.2. The van der Waals surface area contributed by atoms with Gasteiger partial charge < -0.3 is 120 Å². The van der Waals surface area contributed by atoms with E-state index in [-0.39, 0.29) is 67.1 Å². The van der Waals surface area contributed by atoms with Crippen molar-refractivity contribution in [1.82, 2.24) is 0 Å². The summed E-state index contributed by atoms with van der Waals surface area (Å²) in [6.45, 7) is 19.5. The van der Waals surface area contributed by atoms with Crippen LogP contribution in [0.5, 0.6) is 0 Å². The van der Waals surface area contributed by atoms with Crippen molar-refractivity contribution >= 4 is 5.78 Å². The molecule has 0 radical (unpaired) electrons. The zero-order valence-electron chi connectivity index (χ0n) is 58.2. The van der Waals surface area contributed by atoms with Gasteiger partial charge in [0.15, 0.2) is 44.0 Å². The molecule has 8 aliphatic heterocycles. The average Bonchev–Trinajstić information content (AvgIpc) is 1.62. The molecular weight excluding hydrogens is 1240 g/mol. The molecule has 0 aromatic carbocycles. The third kappa shape index (κ3) is 14.1. The van der Waals surface area contributed by atoms with E-state index < -0.39 is 171 Å². The highest BCUT2D eigenvalue weighted by molar-refractivity contribution is 5.96. The normalized spacial score (nSPS) is 52.3. The van der Waals surface area contributed by atoms with Crippen LogP contribution < -0.4 is 0 Å². The number of allylic oxidation sites excluding steroid dienone is 1. The molecule has 4 aliphatic carbocycles. The van der Waals surface area contributed by atoms with Gasteiger partial charge in [0, 0.05) is 59.5 Å². The topological polar surface area (TPSA) is 292 Å². The Labute approximate surface area is 559 Å². The van der Waals surface area contributed by atoms with Gasteiger partial charge in [0.25, 0.3) is 11.8 Å². The molecule has 35 atom stereocenters. The van der Waals surface area contributed by atoms with Gasteiger partial charge in [0.2, 0.25) is 6.29 Å². The molecule has 95 heavy (non-hydrogen) atoms. The number of Topliss-reactive ketones (excluding diaryl/α,β-unsaturated/α-hetero) is 1. The van der Waals surface area contributed by atoms with Crippen molar-refractivity contribution in [2.75, 3.05) is 42.3 Å². The summed E-state index contributed by atoms with van der Waals surface area (Å²) in [5.74, 6) is -0.332. The SMILES string of the molecule is COC1=C[C@@H](C)OC(O[C@H]2CC[C@@]3(C)C(=CC[C@@H]4[C@@H]3CC[C@@]3(C)[C@H]4CC[C@]3(O)[C@H](C)O[C@H]3C[C@H]4OCO[C@@]5(C[C@@H](OC)[C@H](O[C@H]6C[C@H](O)[C@H](O[C@H]7C[C@H](OC)[C@H](O[C@H]8C[C@H](OC)[C@H](O[C@@H]9O[C@H](C)[C@H](O)[C@H](OC)[C@H]9O)[C@@H](C)O8)[C@@H](C)O7)[C@@H](C)O6)[C@@H](C)O5)O[C@@H]4[C@@H](C)O3)C2)C1=O. The van der Waals surface area contributed by atoms with Gasteiger partial charge in [-0.1, -0.05) is 25.5 Å². The Hall–Kier alpha value is -2.01. The van der Waals surface area contributed by atoms with E-state index >= 15 is 0 Å². The molecule has 10 fully saturated rings. The molecule has 3 saturated carbocycles. The molecular formula is C69H110O26. The smallest absolute Gasteiger partial charge is 0.288 e. The number of hydrogen-bond acceptors (Lipinski definition) is 26. The minimum Gasteiger partial charge on any atom is -0.493 e. The molecule has 8 heterocycles. The summed E-state index contributed by atoms with van der Waals surface area (Å²) in [5.41, 5.74) is -0.0232. The Morgan fingerprint density at radius 2 is 1.22 bits per heavy atom. The van der Waals surface area contributed by atoms with Crippen LogP contribution in [0, 0.1) is 28.6 Å². The average molecular weight is 1360 g/mol. The first-order valence-electron chi connectivity index (χ1n) is 35.1. The predicted octanol–water partition coefficient (Wildman–Crippen LogP) is 5.50. The van der Waals surface area contributed by atoms with Gasteiger partial charge in [-0.15, -0.1) is 0 Å². The van der Waals surface area contributed by atoms with Crippen LogP contribution in [-0.2, 0) is 104 Å². The van der Waals surface area contributed by atoms with Gasteiger partial charge in [0.05, 0.1) is 105 Å². The minimum atomic E-state index is -1.57. The predicted molar refractivity (Wildman–Crippen MR) is 331 cm³/mol. The molecule has 0 aromatic rings. The van der Waals surface area contributed by atoms with Crippen molar-refractivity contribution in [1.29, 1.82) is 0 Å². The van der Waals surface area contributed by atoms with E-state index in [1.54, 1.807) is 34.3 Å². The summed E-state index contributed by atoms with van der Waals surface area (Å²) in [7, 11) is 7.68. The maximum absolute atomic E-state index is 13.1. The lowest BCUT2D eigenvalue weighted by Crippen LogP contribution is -2.62. The van der Waals surface area contributed by atoms with E-state index in [9.17, 15) is 25.2 Å². The number of carbonyl (C=O) groups excluding carboxylic acids is 1. The summed E-state index contributed by atoms with van der Waals surface area (Å²) in [4.78, 5) is 13.1. The van der Waals surface area contributed by atoms with Gasteiger partial charge >= 0.3 is 0 Å². The van der Waals surface area contributed by atoms with Crippen molar-refractivity contribution in [2.45, 2.75) is 336 Å². The molecule has 1 unspecified atom stereocenters. The van der Waals surface area contributed by atoms with Crippen LogP contribution in [0.4, 0.5) is 0 Å². The van der Waals surface area contributed by atoms with Crippen LogP contribution in [0.15, 0.2) is 23.5 Å². The van der Waals surface area contributed by atoms with Crippen LogP contribution in [0.25, 0.3) is 0 Å². The third-order valence-corrected chi connectivity index (χ3v) is 24.2. The van der Waals surface area contributed by atoms with E-state index in [1.165, 1.54) is 19.8 Å². The van der Waals surface area contributed by atoms with E-state index in [4.69, 9.17) is 99.5 Å². The standard InChI is InChI=1S/C69H110O26/c1-32-24-46(75-11)56(72)64(82-32)89-41-18-21-66(9)40(25-41)16-17-42-43(66)19-22-67(10)44(42)20-23-68(67,74)39(8)88-52-29-49-62(37(6)86-52)95-69(81-31-80-49)30-50(78-14)61(38(7)94-69)91-51-26-45(70)58(34(3)83-51)90-53-27-47(76-12)59(35(4)84-53)92-54-28-48(77-13)60(36(5)85-54)93-65-57(73)63(79-15)55(71)33(2)87-65/h16,24,32-39,41-45,47-55,57-65,70-71,73-74H,17-23,25-31H2,1-15H3/t32-,33-,34-,35-,36-,37-,38-,39+,41+,42-,43+,44+,45+,47+,48+,49-,50-,51+,52+,53+,54+,55+,57-,58-,59-,60-,61-,62-,63+,64?,65+,66+,67+,68+,69-/m1/s1. The lowest BCUT2D eigenvalue weighted by atomic mass is 9.46. The highest BCUT2D eigenvalue weighted by Gasteiger charge is 2.66. The second kappa shape index (κ2) is 29.4. The summed E-state index contributed by atoms with van der Waals surface area (Å²) < 4.78 is 132. The van der Waals surface area contributed by atoms with Crippen LogP contribution in [0.2, 0.25) is 0 Å². The number of ether oxygens (including phenoxy) is 21. The van der Waals surface area contributed by atoms with Gasteiger partial charge in [0.1, 0.15) is 48.8 Å². The number of aliphatic hydroxyl groups excluding tert-OH is 3. The maximum Gasteiger partial charge on any atom is 0.288 e. The minimum absolute atomic E-state index is 0.0134. The Bertz CT molecular complexity index is 2640. The second-order valence-electron chi connectivity index (χ2n) is 29.7. The fourth-order valence-corrected chi connectivity index (χ4v) is 18.9. The first kappa shape index (κ1) is 72.8. The Kier molecular flexibility index (Phi) is 22.5. The molecule has 26 heteroatoms. The number of carbonyl (C=O) groups is 1. The lowest BCUT2D eigenvalue weighted by molar-refractivity contribution is -0.447. The van der Waals surface area contributed by atoms with E-state index in [0.29, 0.717) is 30.6 Å². The van der Waals surface area contributed by atoms with Crippen molar-refractivity contribution in [2.24, 2.45) is 28.6 Å². The first-order chi connectivity index (χ1) is 45.3. The van der Waals surface area contributed by atoms with Gasteiger partial charge in [-0.05, 0) is 136 Å². The highest BCUT2D eigenvalue weighted by atomic mass is 16.9. The van der Waals surface area contributed by atoms with Gasteiger partial charge in [-0.3, -0.25) is 4.79 Å². The lowest BCUT2D eigenvalue weighted by Gasteiger charge is -2.59. The molecule has 12 aliphatic rings. The zero-order chi connectivity index (χ0) is 67.8. The van der Waals surface area contributed by atoms with Crippen molar-refractivity contribution < 1.29 is 125 Å². The quantitative estimate of drug-likeness (QED) is 0.123. The number of hydrogen-bond donors (Lipinski definition) is 4. The Morgan fingerprint density at radius 3 is 1.87 bits per heavy atom. The van der Waals surface area contributed by atoms with E-state index in [2.05, 4.69) is 19.9 Å². The molecule has 0 bridgehead atoms.